The van der Waals surface area contributed by atoms with Crippen LogP contribution in [0.25, 0.3) is 0 Å². The van der Waals surface area contributed by atoms with Gasteiger partial charge in [0.15, 0.2) is 0 Å². The predicted octanol–water partition coefficient (Wildman–Crippen LogP) is -0.249. The lowest BCUT2D eigenvalue weighted by atomic mass is 10.2. The molecule has 1 unspecified atom stereocenters. The fraction of sp³-hybridized carbons (Fsp3) is 0.700. The third kappa shape index (κ3) is 3.30. The van der Waals surface area contributed by atoms with Gasteiger partial charge in [0.05, 0.1) is 6.42 Å². The highest BCUT2D eigenvalue weighted by Gasteiger charge is 2.36. The Morgan fingerprint density at radius 3 is 2.50 bits per heavy atom. The lowest BCUT2D eigenvalue weighted by Gasteiger charge is -2.13. The van der Waals surface area contributed by atoms with Gasteiger partial charge in [0, 0.05) is 13.0 Å². The molecule has 1 aliphatic heterocycles. The van der Waals surface area contributed by atoms with Crippen molar-refractivity contribution < 1.29 is 24.6 Å². The molecule has 2 N–H and O–H groups in total. The maximum Gasteiger partial charge on any atom is 0.303 e. The number of hydrogen-bond donors (Lipinski definition) is 2. The molecule has 1 fully saturated rings. The first-order valence-electron chi connectivity index (χ1n) is 5.26. The summed E-state index contributed by atoms with van der Waals surface area (Å²) < 4.78 is 0. The number of amides is 2. The first kappa shape index (κ1) is 12.6. The average Bonchev–Trinajstić information content (AvgIpc) is 2.43. The van der Waals surface area contributed by atoms with Gasteiger partial charge in [0.1, 0.15) is 6.10 Å². The van der Waals surface area contributed by atoms with Crippen LogP contribution < -0.4 is 0 Å². The van der Waals surface area contributed by atoms with Gasteiger partial charge in [-0.15, -0.1) is 0 Å². The van der Waals surface area contributed by atoms with Crippen molar-refractivity contribution in [2.75, 3.05) is 6.54 Å². The standard InChI is InChI=1S/C10H15NO5/c12-7-6-8(13)11(10(7)16)5-3-1-2-4-9(14)15/h7,12H,1-6H2,(H,14,15). The topological polar surface area (TPSA) is 94.9 Å². The molecule has 90 valence electrons. The van der Waals surface area contributed by atoms with Gasteiger partial charge in [0.2, 0.25) is 5.91 Å². The van der Waals surface area contributed by atoms with E-state index in [1.54, 1.807) is 0 Å². The number of carbonyl (C=O) groups excluding carboxylic acids is 2. The zero-order chi connectivity index (χ0) is 12.1. The van der Waals surface area contributed by atoms with Gasteiger partial charge in [-0.2, -0.15) is 0 Å². The number of hydrogen-bond acceptors (Lipinski definition) is 4. The predicted molar refractivity (Wildman–Crippen MR) is 53.4 cm³/mol. The van der Waals surface area contributed by atoms with Crippen LogP contribution in [0.15, 0.2) is 0 Å². The Labute approximate surface area is 92.9 Å². The molecular weight excluding hydrogens is 214 g/mol. The third-order valence-corrected chi connectivity index (χ3v) is 2.49. The fourth-order valence-corrected chi connectivity index (χ4v) is 1.62. The van der Waals surface area contributed by atoms with Crippen LogP contribution in [0.5, 0.6) is 0 Å². The maximum atomic E-state index is 11.2. The molecule has 16 heavy (non-hydrogen) atoms. The zero-order valence-electron chi connectivity index (χ0n) is 8.89. The fourth-order valence-electron chi connectivity index (χ4n) is 1.62. The molecule has 1 atom stereocenters. The van der Waals surface area contributed by atoms with Crippen molar-refractivity contribution in [1.29, 1.82) is 0 Å². The van der Waals surface area contributed by atoms with Crippen molar-refractivity contribution in [3.63, 3.8) is 0 Å². The molecule has 0 radical (unpaired) electrons. The Morgan fingerprint density at radius 2 is 2.00 bits per heavy atom. The van der Waals surface area contributed by atoms with Gasteiger partial charge < -0.3 is 10.2 Å². The first-order valence-corrected chi connectivity index (χ1v) is 5.26. The Bertz CT molecular complexity index is 302. The lowest BCUT2D eigenvalue weighted by Crippen LogP contribution is -2.32. The number of aliphatic carboxylic acids is 1. The molecular formula is C10H15NO5. The number of carbonyl (C=O) groups is 3. The number of aliphatic hydroxyl groups is 1. The van der Waals surface area contributed by atoms with Gasteiger partial charge >= 0.3 is 5.97 Å². The van der Waals surface area contributed by atoms with Crippen molar-refractivity contribution in [3.8, 4) is 0 Å². The van der Waals surface area contributed by atoms with E-state index >= 15 is 0 Å². The number of nitrogens with zero attached hydrogens (tertiary/aromatic N) is 1. The summed E-state index contributed by atoms with van der Waals surface area (Å²) in [5.74, 6) is -1.73. The van der Waals surface area contributed by atoms with Crippen molar-refractivity contribution in [3.05, 3.63) is 0 Å². The summed E-state index contributed by atoms with van der Waals surface area (Å²) in [5.41, 5.74) is 0. The summed E-state index contributed by atoms with van der Waals surface area (Å²) in [6.07, 6.45) is 0.551. The van der Waals surface area contributed by atoms with Crippen LogP contribution in [-0.4, -0.2) is 45.5 Å². The van der Waals surface area contributed by atoms with Gasteiger partial charge in [-0.1, -0.05) is 6.42 Å². The second-order valence-corrected chi connectivity index (χ2v) is 3.81. The molecule has 2 amide bonds. The molecule has 6 nitrogen and oxygen atoms in total. The quantitative estimate of drug-likeness (QED) is 0.484. The molecule has 1 heterocycles. The van der Waals surface area contributed by atoms with Crippen LogP contribution in [0.2, 0.25) is 0 Å². The zero-order valence-corrected chi connectivity index (χ0v) is 8.89. The van der Waals surface area contributed by atoms with Crippen molar-refractivity contribution in [2.45, 2.75) is 38.2 Å². The largest absolute Gasteiger partial charge is 0.481 e. The Morgan fingerprint density at radius 1 is 1.31 bits per heavy atom. The van der Waals surface area contributed by atoms with Crippen LogP contribution in [0, 0.1) is 0 Å². The van der Waals surface area contributed by atoms with Gasteiger partial charge in [-0.3, -0.25) is 19.3 Å². The van der Waals surface area contributed by atoms with Crippen LogP contribution in [0.3, 0.4) is 0 Å². The van der Waals surface area contributed by atoms with Crippen LogP contribution in [0.4, 0.5) is 0 Å². The highest BCUT2D eigenvalue weighted by Crippen LogP contribution is 2.14. The minimum absolute atomic E-state index is 0.102. The molecule has 0 aromatic heterocycles. The van der Waals surface area contributed by atoms with Crippen LogP contribution >= 0.6 is 0 Å². The van der Waals surface area contributed by atoms with Gasteiger partial charge in [-0.05, 0) is 12.8 Å². The number of carboxylic acids is 1. The number of rotatable bonds is 6. The average molecular weight is 229 g/mol. The van der Waals surface area contributed by atoms with Gasteiger partial charge in [-0.25, -0.2) is 0 Å². The number of aliphatic hydroxyl groups excluding tert-OH is 1. The van der Waals surface area contributed by atoms with E-state index in [2.05, 4.69) is 0 Å². The van der Waals surface area contributed by atoms with E-state index in [1.807, 2.05) is 0 Å². The highest BCUT2D eigenvalue weighted by atomic mass is 16.4. The first-order chi connectivity index (χ1) is 7.52. The molecule has 6 heteroatoms. The van der Waals surface area contributed by atoms with Crippen molar-refractivity contribution >= 4 is 17.8 Å². The van der Waals surface area contributed by atoms with Gasteiger partial charge in [0.25, 0.3) is 5.91 Å². The molecule has 0 bridgehead atoms. The minimum atomic E-state index is -1.19. The second-order valence-electron chi connectivity index (χ2n) is 3.81. The van der Waals surface area contributed by atoms with E-state index in [0.29, 0.717) is 19.3 Å². The maximum absolute atomic E-state index is 11.2. The smallest absolute Gasteiger partial charge is 0.303 e. The third-order valence-electron chi connectivity index (χ3n) is 2.49. The molecule has 1 saturated heterocycles. The summed E-state index contributed by atoms with van der Waals surface area (Å²) in [5, 5.41) is 17.5. The van der Waals surface area contributed by atoms with Crippen molar-refractivity contribution in [1.82, 2.24) is 4.90 Å². The Hall–Kier alpha value is -1.43. The van der Waals surface area contributed by atoms with Crippen LogP contribution in [-0.2, 0) is 14.4 Å². The minimum Gasteiger partial charge on any atom is -0.481 e. The molecule has 0 spiro atoms. The summed E-state index contributed by atoms with van der Waals surface area (Å²) in [7, 11) is 0. The SMILES string of the molecule is O=C(O)CCCCCN1C(=O)CC(O)C1=O. The lowest BCUT2D eigenvalue weighted by molar-refractivity contribution is -0.141. The summed E-state index contributed by atoms with van der Waals surface area (Å²) in [4.78, 5) is 33.7. The summed E-state index contributed by atoms with van der Waals surface area (Å²) >= 11 is 0. The van der Waals surface area contributed by atoms with E-state index in [4.69, 9.17) is 10.2 Å². The van der Waals surface area contributed by atoms with E-state index in [-0.39, 0.29) is 25.3 Å². The molecule has 0 saturated carbocycles. The highest BCUT2D eigenvalue weighted by molar-refractivity contribution is 6.04. The normalized spacial score (nSPS) is 20.6. The summed E-state index contributed by atoms with van der Waals surface area (Å²) in [6, 6.07) is 0. The van der Waals surface area contributed by atoms with E-state index in [1.165, 1.54) is 0 Å². The Kier molecular flexibility index (Phi) is 4.42. The molecule has 1 aliphatic rings. The molecule has 0 aromatic rings. The molecule has 1 rings (SSSR count). The summed E-state index contributed by atoms with van der Waals surface area (Å²) in [6.45, 7) is 0.272. The molecule has 0 aliphatic carbocycles. The number of imide groups is 1. The van der Waals surface area contributed by atoms with E-state index in [0.717, 1.165) is 4.90 Å². The Balaban J connectivity index is 2.20. The monoisotopic (exact) mass is 229 g/mol. The molecule has 0 aromatic carbocycles. The number of unbranched alkanes of at least 4 members (excludes halogenated alkanes) is 2. The van der Waals surface area contributed by atoms with Crippen molar-refractivity contribution in [2.24, 2.45) is 0 Å². The van der Waals surface area contributed by atoms with Crippen LogP contribution in [0.1, 0.15) is 32.1 Å². The second kappa shape index (κ2) is 5.60. The van der Waals surface area contributed by atoms with E-state index < -0.39 is 18.0 Å². The number of carboxylic acid groups (broad SMARTS) is 1. The van der Waals surface area contributed by atoms with E-state index in [9.17, 15) is 14.4 Å². The number of likely N-dealkylation sites (tertiary alicyclic amines) is 1.